The molecule has 1 unspecified atom stereocenters. The molecule has 6 heteroatoms. The van der Waals surface area contributed by atoms with Gasteiger partial charge in [-0.15, -0.1) is 11.3 Å². The van der Waals surface area contributed by atoms with Crippen LogP contribution in [0.4, 0.5) is 0 Å². The standard InChI is InChI=1S/C18H20N2O3S/c1-4-22-12(2)18-20-13(11-24-18)10-23-17-7-8-19-16-9-14(21-3)5-6-15(16)17/h5-9,11-12H,4,10H2,1-3H3. The average Bonchev–Trinajstić information content (AvgIpc) is 3.08. The Morgan fingerprint density at radius 1 is 1.25 bits per heavy atom. The maximum absolute atomic E-state index is 5.95. The van der Waals surface area contributed by atoms with Crippen LogP contribution >= 0.6 is 11.3 Å². The van der Waals surface area contributed by atoms with Crippen molar-refractivity contribution in [3.8, 4) is 11.5 Å². The van der Waals surface area contributed by atoms with Gasteiger partial charge in [0.2, 0.25) is 0 Å². The number of fused-ring (bicyclic) bond motifs is 1. The lowest BCUT2D eigenvalue weighted by Gasteiger charge is -2.09. The van der Waals surface area contributed by atoms with Crippen molar-refractivity contribution in [3.05, 3.63) is 46.5 Å². The largest absolute Gasteiger partial charge is 0.497 e. The van der Waals surface area contributed by atoms with Gasteiger partial charge in [-0.25, -0.2) is 4.98 Å². The molecule has 2 aromatic heterocycles. The van der Waals surface area contributed by atoms with E-state index >= 15 is 0 Å². The summed E-state index contributed by atoms with van der Waals surface area (Å²) in [5, 5.41) is 3.94. The zero-order valence-electron chi connectivity index (χ0n) is 14.0. The Labute approximate surface area is 145 Å². The van der Waals surface area contributed by atoms with Crippen LogP contribution in [0.5, 0.6) is 11.5 Å². The summed E-state index contributed by atoms with van der Waals surface area (Å²) in [6.45, 7) is 5.09. The lowest BCUT2D eigenvalue weighted by atomic mass is 10.2. The third-order valence-corrected chi connectivity index (χ3v) is 4.67. The summed E-state index contributed by atoms with van der Waals surface area (Å²) in [5.74, 6) is 1.57. The molecule has 3 aromatic rings. The molecular formula is C18H20N2O3S. The van der Waals surface area contributed by atoms with Gasteiger partial charge in [-0.3, -0.25) is 4.98 Å². The van der Waals surface area contributed by atoms with Crippen molar-refractivity contribution < 1.29 is 14.2 Å². The molecule has 0 aliphatic carbocycles. The second kappa shape index (κ2) is 7.59. The van der Waals surface area contributed by atoms with E-state index in [0.717, 1.165) is 33.1 Å². The van der Waals surface area contributed by atoms with Crippen molar-refractivity contribution in [1.29, 1.82) is 0 Å². The summed E-state index contributed by atoms with van der Waals surface area (Å²) in [6.07, 6.45) is 1.75. The van der Waals surface area contributed by atoms with Crippen LogP contribution in [0.2, 0.25) is 0 Å². The molecule has 0 spiro atoms. The molecule has 0 bridgehead atoms. The highest BCUT2D eigenvalue weighted by atomic mass is 32.1. The molecule has 0 aliphatic heterocycles. The first kappa shape index (κ1) is 16.7. The van der Waals surface area contributed by atoms with Gasteiger partial charge in [-0.1, -0.05) is 0 Å². The maximum Gasteiger partial charge on any atom is 0.131 e. The Balaban J connectivity index is 1.74. The van der Waals surface area contributed by atoms with Gasteiger partial charge in [0.25, 0.3) is 0 Å². The summed E-state index contributed by atoms with van der Waals surface area (Å²) in [7, 11) is 1.64. The highest BCUT2D eigenvalue weighted by Gasteiger charge is 2.11. The molecule has 0 aliphatic rings. The normalized spacial score (nSPS) is 12.3. The zero-order chi connectivity index (χ0) is 16.9. The Kier molecular flexibility index (Phi) is 5.27. The molecule has 0 fully saturated rings. The first-order valence-corrected chi connectivity index (χ1v) is 8.70. The number of thiazole rings is 1. The van der Waals surface area contributed by atoms with Crippen molar-refractivity contribution in [2.24, 2.45) is 0 Å². The van der Waals surface area contributed by atoms with E-state index in [-0.39, 0.29) is 6.10 Å². The van der Waals surface area contributed by atoms with E-state index in [1.54, 1.807) is 24.6 Å². The van der Waals surface area contributed by atoms with Gasteiger partial charge in [0.15, 0.2) is 0 Å². The van der Waals surface area contributed by atoms with E-state index in [2.05, 4.69) is 9.97 Å². The highest BCUT2D eigenvalue weighted by molar-refractivity contribution is 7.09. The molecule has 24 heavy (non-hydrogen) atoms. The van der Waals surface area contributed by atoms with Crippen molar-refractivity contribution >= 4 is 22.2 Å². The van der Waals surface area contributed by atoms with Crippen molar-refractivity contribution in [1.82, 2.24) is 9.97 Å². The quantitative estimate of drug-likeness (QED) is 0.637. The van der Waals surface area contributed by atoms with Crippen LogP contribution in [0.15, 0.2) is 35.8 Å². The topological polar surface area (TPSA) is 53.5 Å². The Hall–Kier alpha value is -2.18. The molecule has 1 atom stereocenters. The number of methoxy groups -OCH3 is 1. The molecule has 5 nitrogen and oxygen atoms in total. The second-order valence-corrected chi connectivity index (χ2v) is 6.15. The zero-order valence-corrected chi connectivity index (χ0v) is 14.8. The minimum atomic E-state index is 0.0166. The number of benzene rings is 1. The van der Waals surface area contributed by atoms with E-state index in [4.69, 9.17) is 14.2 Å². The molecule has 0 saturated heterocycles. The van der Waals surface area contributed by atoms with Crippen molar-refractivity contribution in [2.45, 2.75) is 26.6 Å². The predicted octanol–water partition coefficient (Wildman–Crippen LogP) is 4.38. The summed E-state index contributed by atoms with van der Waals surface area (Å²) in [4.78, 5) is 8.95. The fraction of sp³-hybridized carbons (Fsp3) is 0.333. The average molecular weight is 344 g/mol. The van der Waals surface area contributed by atoms with Gasteiger partial charge in [0.1, 0.15) is 29.2 Å². The van der Waals surface area contributed by atoms with Crippen LogP contribution in [0, 0.1) is 0 Å². The smallest absolute Gasteiger partial charge is 0.131 e. The lowest BCUT2D eigenvalue weighted by Crippen LogP contribution is -2.01. The Morgan fingerprint density at radius 3 is 2.92 bits per heavy atom. The summed E-state index contributed by atoms with van der Waals surface area (Å²) >= 11 is 1.60. The van der Waals surface area contributed by atoms with Crippen LogP contribution in [-0.4, -0.2) is 23.7 Å². The Morgan fingerprint density at radius 2 is 2.12 bits per heavy atom. The van der Waals surface area contributed by atoms with E-state index < -0.39 is 0 Å². The number of nitrogens with zero attached hydrogens (tertiary/aromatic N) is 2. The predicted molar refractivity (Wildman–Crippen MR) is 94.8 cm³/mol. The molecule has 2 heterocycles. The SMILES string of the molecule is CCOC(C)c1nc(COc2ccnc3cc(OC)ccc23)cs1. The number of aromatic nitrogens is 2. The van der Waals surface area contributed by atoms with E-state index in [9.17, 15) is 0 Å². The molecule has 0 radical (unpaired) electrons. The summed E-state index contributed by atoms with van der Waals surface area (Å²) < 4.78 is 16.8. The molecule has 126 valence electrons. The maximum atomic E-state index is 5.95. The number of hydrogen-bond donors (Lipinski definition) is 0. The minimum absolute atomic E-state index is 0.0166. The molecular weight excluding hydrogens is 324 g/mol. The second-order valence-electron chi connectivity index (χ2n) is 5.26. The van der Waals surface area contributed by atoms with Crippen molar-refractivity contribution in [2.75, 3.05) is 13.7 Å². The monoisotopic (exact) mass is 344 g/mol. The minimum Gasteiger partial charge on any atom is -0.497 e. The Bertz CT molecular complexity index is 819. The van der Waals surface area contributed by atoms with Crippen LogP contribution in [0.25, 0.3) is 10.9 Å². The summed E-state index contributed by atoms with van der Waals surface area (Å²) in [5.41, 5.74) is 1.75. The molecule has 3 rings (SSSR count). The fourth-order valence-electron chi connectivity index (χ4n) is 2.40. The first-order chi connectivity index (χ1) is 11.7. The van der Waals surface area contributed by atoms with Crippen LogP contribution in [-0.2, 0) is 11.3 Å². The first-order valence-electron chi connectivity index (χ1n) is 7.82. The number of pyridine rings is 1. The fourth-order valence-corrected chi connectivity index (χ4v) is 3.21. The van der Waals surface area contributed by atoms with Crippen LogP contribution in [0.3, 0.4) is 0 Å². The van der Waals surface area contributed by atoms with Gasteiger partial charge in [-0.2, -0.15) is 0 Å². The van der Waals surface area contributed by atoms with Crippen LogP contribution in [0.1, 0.15) is 30.7 Å². The number of hydrogen-bond acceptors (Lipinski definition) is 6. The molecule has 1 aromatic carbocycles. The number of ether oxygens (including phenoxy) is 3. The highest BCUT2D eigenvalue weighted by Crippen LogP contribution is 2.28. The van der Waals surface area contributed by atoms with Gasteiger partial charge >= 0.3 is 0 Å². The van der Waals surface area contributed by atoms with Crippen molar-refractivity contribution in [3.63, 3.8) is 0 Å². The molecule has 0 N–H and O–H groups in total. The summed E-state index contributed by atoms with van der Waals surface area (Å²) in [6, 6.07) is 7.62. The molecule has 0 amide bonds. The lowest BCUT2D eigenvalue weighted by molar-refractivity contribution is 0.0760. The van der Waals surface area contributed by atoms with Gasteiger partial charge < -0.3 is 14.2 Å². The van der Waals surface area contributed by atoms with Gasteiger partial charge in [0.05, 0.1) is 18.3 Å². The number of rotatable bonds is 7. The third kappa shape index (κ3) is 3.66. The van der Waals surface area contributed by atoms with E-state index in [1.165, 1.54) is 0 Å². The third-order valence-electron chi connectivity index (χ3n) is 3.62. The van der Waals surface area contributed by atoms with Crippen LogP contribution < -0.4 is 9.47 Å². The molecule has 0 saturated carbocycles. The van der Waals surface area contributed by atoms with Gasteiger partial charge in [0, 0.05) is 29.6 Å². The van der Waals surface area contributed by atoms with Gasteiger partial charge in [-0.05, 0) is 32.0 Å². The van der Waals surface area contributed by atoms with E-state index in [1.807, 2.05) is 43.5 Å². The van der Waals surface area contributed by atoms with E-state index in [0.29, 0.717) is 13.2 Å².